The van der Waals surface area contributed by atoms with Crippen LogP contribution in [0.4, 0.5) is 0 Å². The summed E-state index contributed by atoms with van der Waals surface area (Å²) in [5.74, 6) is 0. The lowest BCUT2D eigenvalue weighted by atomic mass is 10.3. The predicted molar refractivity (Wildman–Crippen MR) is 77.0 cm³/mol. The first-order valence-electron chi connectivity index (χ1n) is 6.69. The zero-order chi connectivity index (χ0) is 15.2. The Kier molecular flexibility index (Phi) is 6.60. The molecular formula is C12H24N4O3S. The van der Waals surface area contributed by atoms with E-state index < -0.39 is 10.0 Å². The Morgan fingerprint density at radius 2 is 2.15 bits per heavy atom. The minimum absolute atomic E-state index is 0.182. The first-order valence-corrected chi connectivity index (χ1v) is 8.17. The van der Waals surface area contributed by atoms with E-state index in [1.807, 2.05) is 6.92 Å². The van der Waals surface area contributed by atoms with Gasteiger partial charge in [0.25, 0.3) is 0 Å². The maximum Gasteiger partial charge on any atom is 0.244 e. The number of hydrogen-bond acceptors (Lipinski definition) is 5. The van der Waals surface area contributed by atoms with Gasteiger partial charge in [0.15, 0.2) is 0 Å². The Morgan fingerprint density at radius 3 is 2.75 bits per heavy atom. The molecule has 0 radical (unpaired) electrons. The van der Waals surface area contributed by atoms with Crippen molar-refractivity contribution in [2.75, 3.05) is 20.2 Å². The number of methoxy groups -OCH3 is 1. The van der Waals surface area contributed by atoms with Crippen LogP contribution in [0.2, 0.25) is 0 Å². The van der Waals surface area contributed by atoms with E-state index in [9.17, 15) is 8.42 Å². The summed E-state index contributed by atoms with van der Waals surface area (Å²) < 4.78 is 32.3. The van der Waals surface area contributed by atoms with Crippen molar-refractivity contribution in [1.29, 1.82) is 0 Å². The summed E-state index contributed by atoms with van der Waals surface area (Å²) in [6.45, 7) is 7.02. The number of hydrogen-bond donors (Lipinski definition) is 3. The molecule has 0 aromatic carbocycles. The van der Waals surface area contributed by atoms with E-state index >= 15 is 0 Å². The summed E-state index contributed by atoms with van der Waals surface area (Å²) in [6, 6.07) is 0. The molecule has 0 saturated carbocycles. The number of nitrogens with one attached hydrogen (secondary N) is 3. The molecule has 0 spiro atoms. The second-order valence-corrected chi connectivity index (χ2v) is 6.40. The van der Waals surface area contributed by atoms with E-state index in [2.05, 4.69) is 20.2 Å². The van der Waals surface area contributed by atoms with Crippen LogP contribution in [0.5, 0.6) is 0 Å². The molecule has 1 rings (SSSR count). The minimum Gasteiger partial charge on any atom is -0.380 e. The summed E-state index contributed by atoms with van der Waals surface area (Å²) in [7, 11) is -2.04. The summed E-state index contributed by atoms with van der Waals surface area (Å²) in [5.41, 5.74) is 1.05. The van der Waals surface area contributed by atoms with Crippen LogP contribution in [0.15, 0.2) is 4.90 Å². The van der Waals surface area contributed by atoms with Crippen LogP contribution in [-0.2, 0) is 21.3 Å². The lowest BCUT2D eigenvalue weighted by molar-refractivity contribution is 0.122. The number of sulfonamides is 1. The molecule has 1 atom stereocenters. The van der Waals surface area contributed by atoms with Crippen molar-refractivity contribution in [1.82, 2.24) is 20.2 Å². The average molecular weight is 304 g/mol. The molecule has 0 aliphatic carbocycles. The normalized spacial score (nSPS) is 13.6. The maximum absolute atomic E-state index is 12.3. The summed E-state index contributed by atoms with van der Waals surface area (Å²) >= 11 is 0. The summed E-state index contributed by atoms with van der Waals surface area (Å²) in [6.07, 6.45) is 0.799. The van der Waals surface area contributed by atoms with Crippen LogP contribution >= 0.6 is 0 Å². The van der Waals surface area contributed by atoms with Crippen molar-refractivity contribution < 1.29 is 13.2 Å². The number of rotatable bonds is 9. The van der Waals surface area contributed by atoms with Crippen LogP contribution in [0.1, 0.15) is 31.7 Å². The monoisotopic (exact) mass is 304 g/mol. The molecule has 20 heavy (non-hydrogen) atoms. The molecular weight excluding hydrogens is 280 g/mol. The molecule has 7 nitrogen and oxygen atoms in total. The summed E-state index contributed by atoms with van der Waals surface area (Å²) in [4.78, 5) is 0.226. The third-order valence-corrected chi connectivity index (χ3v) is 4.54. The number of nitrogens with zero attached hydrogens (tertiary/aromatic N) is 1. The van der Waals surface area contributed by atoms with E-state index in [0.717, 1.165) is 13.0 Å². The van der Waals surface area contributed by atoms with Crippen molar-refractivity contribution in [3.8, 4) is 0 Å². The standard InChI is InChI=1S/C12H24N4O3S/c1-5-6-13-8-11-12(10(3)15-16-11)20(17,18)14-7-9(2)19-4/h9,13-14H,5-8H2,1-4H3,(H,15,16). The Hall–Kier alpha value is -0.960. The van der Waals surface area contributed by atoms with Gasteiger partial charge in [0.2, 0.25) is 10.0 Å². The van der Waals surface area contributed by atoms with Gasteiger partial charge in [0, 0.05) is 20.2 Å². The van der Waals surface area contributed by atoms with Gasteiger partial charge in [0.1, 0.15) is 4.90 Å². The third kappa shape index (κ3) is 4.55. The topological polar surface area (TPSA) is 96.1 Å². The van der Waals surface area contributed by atoms with Crippen LogP contribution in [-0.4, -0.2) is 44.9 Å². The van der Waals surface area contributed by atoms with Gasteiger partial charge < -0.3 is 10.1 Å². The molecule has 116 valence electrons. The lowest BCUT2D eigenvalue weighted by Gasteiger charge is -2.12. The summed E-state index contributed by atoms with van der Waals surface area (Å²) in [5, 5.41) is 9.95. The van der Waals surface area contributed by atoms with Gasteiger partial charge >= 0.3 is 0 Å². The predicted octanol–water partition coefficient (Wildman–Crippen LogP) is 0.531. The molecule has 0 fully saturated rings. The molecule has 1 aromatic heterocycles. The molecule has 1 aromatic rings. The van der Waals surface area contributed by atoms with Gasteiger partial charge in [-0.1, -0.05) is 6.92 Å². The first-order chi connectivity index (χ1) is 9.42. The molecule has 3 N–H and O–H groups in total. The number of aromatic nitrogens is 2. The fourth-order valence-electron chi connectivity index (χ4n) is 1.71. The van der Waals surface area contributed by atoms with Crippen LogP contribution in [0, 0.1) is 6.92 Å². The van der Waals surface area contributed by atoms with E-state index in [0.29, 0.717) is 17.9 Å². The van der Waals surface area contributed by atoms with Crippen molar-refractivity contribution in [2.45, 2.75) is 44.7 Å². The number of aromatic amines is 1. The van der Waals surface area contributed by atoms with Gasteiger partial charge in [0.05, 0.1) is 17.5 Å². The quantitative estimate of drug-likeness (QED) is 0.578. The molecule has 0 bridgehead atoms. The van der Waals surface area contributed by atoms with Crippen molar-refractivity contribution in [2.24, 2.45) is 0 Å². The van der Waals surface area contributed by atoms with Crippen LogP contribution in [0.3, 0.4) is 0 Å². The SMILES string of the molecule is CCCNCc1n[nH]c(C)c1S(=O)(=O)NCC(C)OC. The molecule has 0 aliphatic heterocycles. The van der Waals surface area contributed by atoms with Gasteiger partial charge in [-0.2, -0.15) is 5.10 Å². The Morgan fingerprint density at radius 1 is 1.45 bits per heavy atom. The molecule has 0 aliphatic rings. The van der Waals surface area contributed by atoms with Crippen molar-refractivity contribution in [3.05, 3.63) is 11.4 Å². The average Bonchev–Trinajstić information content (AvgIpc) is 2.78. The highest BCUT2D eigenvalue weighted by Crippen LogP contribution is 2.17. The molecule has 1 heterocycles. The van der Waals surface area contributed by atoms with Crippen molar-refractivity contribution >= 4 is 10.0 Å². The molecule has 0 amide bonds. The van der Waals surface area contributed by atoms with E-state index in [1.165, 1.54) is 0 Å². The maximum atomic E-state index is 12.3. The highest BCUT2D eigenvalue weighted by atomic mass is 32.2. The van der Waals surface area contributed by atoms with Crippen molar-refractivity contribution in [3.63, 3.8) is 0 Å². The Balaban J connectivity index is 2.85. The minimum atomic E-state index is -3.58. The first kappa shape index (κ1) is 17.1. The Labute approximate surface area is 120 Å². The smallest absolute Gasteiger partial charge is 0.244 e. The highest BCUT2D eigenvalue weighted by molar-refractivity contribution is 7.89. The zero-order valence-electron chi connectivity index (χ0n) is 12.5. The molecule has 0 saturated heterocycles. The largest absolute Gasteiger partial charge is 0.380 e. The van der Waals surface area contributed by atoms with E-state index in [-0.39, 0.29) is 17.5 Å². The van der Waals surface area contributed by atoms with Gasteiger partial charge in [-0.05, 0) is 26.8 Å². The third-order valence-electron chi connectivity index (χ3n) is 2.91. The van der Waals surface area contributed by atoms with Gasteiger partial charge in [-0.3, -0.25) is 5.10 Å². The molecule has 8 heteroatoms. The fourth-order valence-corrected chi connectivity index (χ4v) is 3.19. The van der Waals surface area contributed by atoms with E-state index in [1.54, 1.807) is 21.0 Å². The van der Waals surface area contributed by atoms with Gasteiger partial charge in [-0.15, -0.1) is 0 Å². The number of H-pyrrole nitrogens is 1. The van der Waals surface area contributed by atoms with Crippen LogP contribution in [0.25, 0.3) is 0 Å². The second kappa shape index (κ2) is 7.72. The second-order valence-electron chi connectivity index (χ2n) is 4.70. The Bertz CT molecular complexity index is 513. The lowest BCUT2D eigenvalue weighted by Crippen LogP contribution is -2.32. The number of aryl methyl sites for hydroxylation is 1. The van der Waals surface area contributed by atoms with E-state index in [4.69, 9.17) is 4.74 Å². The number of ether oxygens (including phenoxy) is 1. The van der Waals surface area contributed by atoms with Gasteiger partial charge in [-0.25, -0.2) is 13.1 Å². The fraction of sp³-hybridized carbons (Fsp3) is 0.750. The van der Waals surface area contributed by atoms with Crippen LogP contribution < -0.4 is 10.0 Å². The molecule has 1 unspecified atom stereocenters. The zero-order valence-corrected chi connectivity index (χ0v) is 13.3. The highest BCUT2D eigenvalue weighted by Gasteiger charge is 2.24.